The second kappa shape index (κ2) is 9.68. The van der Waals surface area contributed by atoms with Crippen LogP contribution in [0, 0.1) is 10.1 Å². The van der Waals surface area contributed by atoms with Crippen LogP contribution in [-0.4, -0.2) is 36.7 Å². The molecular weight excluding hydrogens is 372 g/mol. The Kier molecular flexibility index (Phi) is 6.78. The number of nitro groups is 1. The van der Waals surface area contributed by atoms with Crippen molar-refractivity contribution in [1.82, 2.24) is 5.43 Å². The standard InChI is InChI=1S/C21H24N4O4/c1-2-16-5-8-18(9-6-16)29-15-21(26)23-22-14-17-7-10-19(20(13-17)25(27)28)24-11-3-4-12-24/h5-10,13-14H,2-4,11-12,15H2,1H3,(H,23,26). The summed E-state index contributed by atoms with van der Waals surface area (Å²) in [7, 11) is 0. The molecule has 0 saturated carbocycles. The minimum atomic E-state index is -0.413. The SMILES string of the molecule is CCc1ccc(OCC(=O)NN=Cc2ccc(N3CCCC3)c([N+](=O)[O-])c2)cc1. The Bertz CT molecular complexity index is 890. The van der Waals surface area contributed by atoms with Gasteiger partial charge in [-0.2, -0.15) is 5.10 Å². The number of hydrazone groups is 1. The highest BCUT2D eigenvalue weighted by Crippen LogP contribution is 2.31. The van der Waals surface area contributed by atoms with Gasteiger partial charge in [0.1, 0.15) is 11.4 Å². The van der Waals surface area contributed by atoms with E-state index in [1.165, 1.54) is 17.8 Å². The van der Waals surface area contributed by atoms with Crippen LogP contribution in [0.2, 0.25) is 0 Å². The van der Waals surface area contributed by atoms with E-state index in [2.05, 4.69) is 17.5 Å². The summed E-state index contributed by atoms with van der Waals surface area (Å²) in [4.78, 5) is 24.9. The fourth-order valence-electron chi connectivity index (χ4n) is 3.17. The fourth-order valence-corrected chi connectivity index (χ4v) is 3.17. The Morgan fingerprint density at radius 1 is 1.24 bits per heavy atom. The Labute approximate surface area is 169 Å². The summed E-state index contributed by atoms with van der Waals surface area (Å²) >= 11 is 0. The third-order valence-electron chi connectivity index (χ3n) is 4.75. The van der Waals surface area contributed by atoms with E-state index in [0.717, 1.165) is 32.4 Å². The van der Waals surface area contributed by atoms with E-state index in [1.54, 1.807) is 12.1 Å². The van der Waals surface area contributed by atoms with Crippen molar-refractivity contribution >= 4 is 23.5 Å². The van der Waals surface area contributed by atoms with Crippen LogP contribution in [0.25, 0.3) is 0 Å². The monoisotopic (exact) mass is 396 g/mol. The van der Waals surface area contributed by atoms with Gasteiger partial charge in [-0.25, -0.2) is 5.43 Å². The summed E-state index contributed by atoms with van der Waals surface area (Å²) < 4.78 is 5.41. The summed E-state index contributed by atoms with van der Waals surface area (Å²) in [6.45, 7) is 3.55. The molecule has 8 nitrogen and oxygen atoms in total. The predicted octanol–water partition coefficient (Wildman–Crippen LogP) is 3.29. The molecule has 152 valence electrons. The van der Waals surface area contributed by atoms with Crippen LogP contribution in [0.3, 0.4) is 0 Å². The lowest BCUT2D eigenvalue weighted by atomic mass is 10.1. The minimum absolute atomic E-state index is 0.0426. The number of ether oxygens (including phenoxy) is 1. The summed E-state index contributed by atoms with van der Waals surface area (Å²) in [5, 5.41) is 15.3. The molecule has 1 aliphatic rings. The van der Waals surface area contributed by atoms with Gasteiger partial charge in [0.25, 0.3) is 11.6 Å². The van der Waals surface area contributed by atoms with Crippen LogP contribution >= 0.6 is 0 Å². The Morgan fingerprint density at radius 3 is 2.62 bits per heavy atom. The molecule has 0 aliphatic carbocycles. The van der Waals surface area contributed by atoms with Crippen molar-refractivity contribution in [2.75, 3.05) is 24.6 Å². The third-order valence-corrected chi connectivity index (χ3v) is 4.75. The molecule has 1 amide bonds. The number of anilines is 1. The van der Waals surface area contributed by atoms with Gasteiger partial charge in [0, 0.05) is 24.7 Å². The molecule has 0 unspecified atom stereocenters. The van der Waals surface area contributed by atoms with Gasteiger partial charge in [-0.1, -0.05) is 25.1 Å². The maximum atomic E-state index is 11.9. The number of hydrogen-bond acceptors (Lipinski definition) is 6. The lowest BCUT2D eigenvalue weighted by Crippen LogP contribution is -2.24. The number of amides is 1. The van der Waals surface area contributed by atoms with Crippen molar-refractivity contribution in [1.29, 1.82) is 0 Å². The van der Waals surface area contributed by atoms with Crippen LogP contribution in [0.4, 0.5) is 11.4 Å². The number of benzene rings is 2. The van der Waals surface area contributed by atoms with E-state index in [9.17, 15) is 14.9 Å². The first-order valence-corrected chi connectivity index (χ1v) is 9.64. The van der Waals surface area contributed by atoms with Gasteiger partial charge in [-0.15, -0.1) is 0 Å². The van der Waals surface area contributed by atoms with Crippen LogP contribution in [0.15, 0.2) is 47.6 Å². The minimum Gasteiger partial charge on any atom is -0.484 e. The highest BCUT2D eigenvalue weighted by Gasteiger charge is 2.22. The molecule has 0 aromatic heterocycles. The average molecular weight is 396 g/mol. The van der Waals surface area contributed by atoms with Gasteiger partial charge in [0.15, 0.2) is 6.61 Å². The van der Waals surface area contributed by atoms with Crippen molar-refractivity contribution in [3.05, 3.63) is 63.7 Å². The van der Waals surface area contributed by atoms with Gasteiger partial charge in [-0.05, 0) is 43.0 Å². The predicted molar refractivity (Wildman–Crippen MR) is 112 cm³/mol. The number of nitrogens with zero attached hydrogens (tertiary/aromatic N) is 3. The maximum absolute atomic E-state index is 11.9. The van der Waals surface area contributed by atoms with E-state index in [-0.39, 0.29) is 17.2 Å². The highest BCUT2D eigenvalue weighted by atomic mass is 16.6. The second-order valence-corrected chi connectivity index (χ2v) is 6.78. The zero-order chi connectivity index (χ0) is 20.6. The van der Waals surface area contributed by atoms with E-state index in [4.69, 9.17) is 4.74 Å². The molecule has 1 saturated heterocycles. The van der Waals surface area contributed by atoms with E-state index in [0.29, 0.717) is 17.0 Å². The molecule has 2 aromatic carbocycles. The van der Waals surface area contributed by atoms with E-state index in [1.807, 2.05) is 29.2 Å². The second-order valence-electron chi connectivity index (χ2n) is 6.78. The van der Waals surface area contributed by atoms with Gasteiger partial charge >= 0.3 is 0 Å². The normalized spacial score (nSPS) is 13.6. The third kappa shape index (κ3) is 5.54. The highest BCUT2D eigenvalue weighted by molar-refractivity contribution is 5.85. The quantitative estimate of drug-likeness (QED) is 0.420. The molecule has 1 fully saturated rings. The number of aryl methyl sites for hydroxylation is 1. The van der Waals surface area contributed by atoms with Crippen molar-refractivity contribution in [3.63, 3.8) is 0 Å². The van der Waals surface area contributed by atoms with E-state index >= 15 is 0 Å². The summed E-state index contributed by atoms with van der Waals surface area (Å²) in [6, 6.07) is 12.5. The molecule has 3 rings (SSSR count). The largest absolute Gasteiger partial charge is 0.484 e. The molecule has 0 atom stereocenters. The number of hydrogen-bond donors (Lipinski definition) is 1. The molecule has 2 aromatic rings. The van der Waals surface area contributed by atoms with Gasteiger partial charge in [0.05, 0.1) is 11.1 Å². The zero-order valence-corrected chi connectivity index (χ0v) is 16.3. The molecule has 29 heavy (non-hydrogen) atoms. The topological polar surface area (TPSA) is 97.1 Å². The molecule has 1 aliphatic heterocycles. The number of nitro benzene ring substituents is 1. The molecular formula is C21H24N4O4. The summed E-state index contributed by atoms with van der Waals surface area (Å²) in [5.41, 5.74) is 4.76. The molecule has 1 heterocycles. The first-order valence-electron chi connectivity index (χ1n) is 9.64. The Hall–Kier alpha value is -3.42. The van der Waals surface area contributed by atoms with Gasteiger partial charge in [-0.3, -0.25) is 14.9 Å². The smallest absolute Gasteiger partial charge is 0.293 e. The van der Waals surface area contributed by atoms with Crippen molar-refractivity contribution in [2.24, 2.45) is 5.10 Å². The average Bonchev–Trinajstić information content (AvgIpc) is 3.27. The van der Waals surface area contributed by atoms with Crippen LogP contribution < -0.4 is 15.1 Å². The molecule has 8 heteroatoms. The molecule has 1 N–H and O–H groups in total. The van der Waals surface area contributed by atoms with Crippen molar-refractivity contribution in [2.45, 2.75) is 26.2 Å². The van der Waals surface area contributed by atoms with Gasteiger partial charge < -0.3 is 9.64 Å². The van der Waals surface area contributed by atoms with Crippen LogP contribution in [0.1, 0.15) is 30.9 Å². The summed E-state index contributed by atoms with van der Waals surface area (Å²) in [6.07, 6.45) is 4.40. The number of nitrogens with one attached hydrogen (secondary N) is 1. The van der Waals surface area contributed by atoms with Crippen LogP contribution in [-0.2, 0) is 11.2 Å². The Balaban J connectivity index is 1.55. The first kappa shape index (κ1) is 20.3. The lowest BCUT2D eigenvalue weighted by molar-refractivity contribution is -0.384. The zero-order valence-electron chi connectivity index (χ0n) is 16.3. The fraction of sp³-hybridized carbons (Fsp3) is 0.333. The first-order chi connectivity index (χ1) is 14.1. The number of rotatable bonds is 8. The molecule has 0 spiro atoms. The lowest BCUT2D eigenvalue weighted by Gasteiger charge is -2.17. The summed E-state index contributed by atoms with van der Waals surface area (Å²) in [5.74, 6) is 0.193. The van der Waals surface area contributed by atoms with Crippen molar-refractivity contribution in [3.8, 4) is 5.75 Å². The van der Waals surface area contributed by atoms with E-state index < -0.39 is 5.91 Å². The maximum Gasteiger partial charge on any atom is 0.293 e. The van der Waals surface area contributed by atoms with Crippen LogP contribution in [0.5, 0.6) is 5.75 Å². The number of carbonyl (C=O) groups excluding carboxylic acids is 1. The van der Waals surface area contributed by atoms with Gasteiger partial charge in [0.2, 0.25) is 0 Å². The van der Waals surface area contributed by atoms with Crippen molar-refractivity contribution < 1.29 is 14.5 Å². The molecule has 0 radical (unpaired) electrons. The number of carbonyl (C=O) groups is 1. The Morgan fingerprint density at radius 2 is 1.97 bits per heavy atom. The molecule has 0 bridgehead atoms.